The first-order valence-electron chi connectivity index (χ1n) is 15.5. The van der Waals surface area contributed by atoms with E-state index in [1.165, 1.54) is 103 Å². The number of allylic oxidation sites excluding steroid dienone is 2. The van der Waals surface area contributed by atoms with Crippen molar-refractivity contribution in [1.29, 1.82) is 0 Å². The van der Waals surface area contributed by atoms with E-state index < -0.39 is 0 Å². The molecule has 0 saturated heterocycles. The van der Waals surface area contributed by atoms with Crippen LogP contribution in [0.15, 0.2) is 25.3 Å². The van der Waals surface area contributed by atoms with Crippen LogP contribution in [-0.4, -0.2) is 0 Å². The Labute approximate surface area is 208 Å². The Bertz CT molecular complexity index is 467. The minimum atomic E-state index is 0.782. The molecule has 190 valence electrons. The Hall–Kier alpha value is -0.520. The lowest BCUT2D eigenvalue weighted by molar-refractivity contribution is -0.0919. The molecule has 0 radical (unpaired) electrons. The molecule has 4 aliphatic rings. The Morgan fingerprint density at radius 2 is 0.848 bits per heavy atom. The van der Waals surface area contributed by atoms with Gasteiger partial charge in [0.1, 0.15) is 0 Å². The zero-order valence-corrected chi connectivity index (χ0v) is 22.3. The maximum absolute atomic E-state index is 3.85. The number of rotatable bonds is 21. The van der Waals surface area contributed by atoms with Crippen molar-refractivity contribution in [1.82, 2.24) is 0 Å². The summed E-state index contributed by atoms with van der Waals surface area (Å²) in [6, 6.07) is 0. The van der Waals surface area contributed by atoms with Gasteiger partial charge in [0.05, 0.1) is 0 Å². The highest BCUT2D eigenvalue weighted by atomic mass is 14.6. The Balaban J connectivity index is 1.36. The van der Waals surface area contributed by atoms with Crippen LogP contribution in [-0.2, 0) is 0 Å². The maximum Gasteiger partial charge on any atom is -0.0261 e. The van der Waals surface area contributed by atoms with E-state index in [9.17, 15) is 0 Å². The van der Waals surface area contributed by atoms with Crippen molar-refractivity contribution in [2.24, 2.45) is 29.1 Å². The van der Waals surface area contributed by atoms with Crippen LogP contribution in [0.4, 0.5) is 0 Å². The zero-order valence-electron chi connectivity index (χ0n) is 22.3. The van der Waals surface area contributed by atoms with Gasteiger partial charge in [-0.05, 0) is 106 Å². The SMILES string of the molecule is C=CCCCCCCCCCC(CCCCCCCCCC=C)C12CC3CC(CC(C3)C1)C2. The third-order valence-corrected chi connectivity index (χ3v) is 9.87. The lowest BCUT2D eigenvalue weighted by Gasteiger charge is -2.60. The van der Waals surface area contributed by atoms with Crippen molar-refractivity contribution in [2.75, 3.05) is 0 Å². The van der Waals surface area contributed by atoms with Crippen LogP contribution >= 0.6 is 0 Å². The number of hydrogen-bond donors (Lipinski definition) is 0. The summed E-state index contributed by atoms with van der Waals surface area (Å²) in [6.07, 6.45) is 39.7. The minimum Gasteiger partial charge on any atom is -0.103 e. The first-order chi connectivity index (χ1) is 16.3. The summed E-state index contributed by atoms with van der Waals surface area (Å²) < 4.78 is 0. The van der Waals surface area contributed by atoms with E-state index in [4.69, 9.17) is 0 Å². The molecule has 4 fully saturated rings. The standard InChI is InChI=1S/C33H58/c1-3-5-7-9-11-13-15-17-19-21-32(22-20-18-16-14-12-10-8-6-4-2)33-26-29-23-30(27-33)25-31(24-29)28-33/h3-4,29-32H,1-2,5-28H2. The molecule has 0 spiro atoms. The van der Waals surface area contributed by atoms with E-state index in [-0.39, 0.29) is 0 Å². The fourth-order valence-corrected chi connectivity index (χ4v) is 8.56. The summed E-state index contributed by atoms with van der Waals surface area (Å²) in [5.74, 6) is 4.41. The normalized spacial score (nSPS) is 28.0. The third kappa shape index (κ3) is 9.22. The maximum atomic E-state index is 3.85. The molecule has 0 heteroatoms. The van der Waals surface area contributed by atoms with Crippen molar-refractivity contribution in [3.63, 3.8) is 0 Å². The van der Waals surface area contributed by atoms with E-state index >= 15 is 0 Å². The van der Waals surface area contributed by atoms with Gasteiger partial charge in [0, 0.05) is 0 Å². The summed E-state index contributed by atoms with van der Waals surface area (Å²) in [4.78, 5) is 0. The van der Waals surface area contributed by atoms with Gasteiger partial charge in [-0.3, -0.25) is 0 Å². The molecule has 33 heavy (non-hydrogen) atoms. The highest BCUT2D eigenvalue weighted by Gasteiger charge is 2.53. The highest BCUT2D eigenvalue weighted by molar-refractivity contribution is 5.03. The number of hydrogen-bond acceptors (Lipinski definition) is 0. The summed E-state index contributed by atoms with van der Waals surface area (Å²) in [5, 5.41) is 0. The van der Waals surface area contributed by atoms with Crippen molar-refractivity contribution in [3.05, 3.63) is 25.3 Å². The van der Waals surface area contributed by atoms with Gasteiger partial charge in [-0.15, -0.1) is 13.2 Å². The zero-order chi connectivity index (χ0) is 23.2. The van der Waals surface area contributed by atoms with E-state index in [0.717, 1.165) is 29.1 Å². The van der Waals surface area contributed by atoms with Crippen LogP contribution in [0.3, 0.4) is 0 Å². The summed E-state index contributed by atoms with van der Waals surface area (Å²) >= 11 is 0. The molecule has 0 aromatic rings. The second kappa shape index (κ2) is 15.5. The van der Waals surface area contributed by atoms with Crippen LogP contribution in [0.1, 0.15) is 154 Å². The van der Waals surface area contributed by atoms with Crippen molar-refractivity contribution < 1.29 is 0 Å². The molecule has 0 heterocycles. The van der Waals surface area contributed by atoms with Gasteiger partial charge in [0.15, 0.2) is 0 Å². The predicted molar refractivity (Wildman–Crippen MR) is 148 cm³/mol. The summed E-state index contributed by atoms with van der Waals surface area (Å²) in [7, 11) is 0. The molecule has 4 aliphatic carbocycles. The molecule has 0 amide bonds. The van der Waals surface area contributed by atoms with Crippen LogP contribution in [0.5, 0.6) is 0 Å². The average Bonchev–Trinajstić information content (AvgIpc) is 2.79. The number of unbranched alkanes of at least 4 members (excludes halogenated alkanes) is 14. The van der Waals surface area contributed by atoms with Crippen LogP contribution in [0.25, 0.3) is 0 Å². The van der Waals surface area contributed by atoms with E-state index in [1.807, 2.05) is 0 Å². The van der Waals surface area contributed by atoms with Gasteiger partial charge < -0.3 is 0 Å². The average molecular weight is 455 g/mol. The van der Waals surface area contributed by atoms with Gasteiger partial charge in [0.2, 0.25) is 0 Å². The molecule has 4 rings (SSSR count). The minimum absolute atomic E-state index is 0.782. The third-order valence-electron chi connectivity index (χ3n) is 9.87. The second-order valence-corrected chi connectivity index (χ2v) is 12.7. The molecule has 0 nitrogen and oxygen atoms in total. The molecule has 0 atom stereocenters. The van der Waals surface area contributed by atoms with Gasteiger partial charge in [-0.25, -0.2) is 0 Å². The smallest absolute Gasteiger partial charge is 0.0261 e. The van der Waals surface area contributed by atoms with E-state index in [2.05, 4.69) is 25.3 Å². The van der Waals surface area contributed by atoms with Gasteiger partial charge in [0.25, 0.3) is 0 Å². The van der Waals surface area contributed by atoms with Crippen LogP contribution in [0.2, 0.25) is 0 Å². The first kappa shape index (κ1) is 27.1. The Morgan fingerprint density at radius 3 is 1.21 bits per heavy atom. The topological polar surface area (TPSA) is 0 Å². The summed E-state index contributed by atoms with van der Waals surface area (Å²) in [5.41, 5.74) is 0.782. The lowest BCUT2D eigenvalue weighted by atomic mass is 9.45. The first-order valence-corrected chi connectivity index (χ1v) is 15.5. The molecule has 4 saturated carbocycles. The second-order valence-electron chi connectivity index (χ2n) is 12.7. The molecular formula is C33H58. The molecule has 0 aliphatic heterocycles. The molecule has 4 bridgehead atoms. The Kier molecular flexibility index (Phi) is 12.7. The molecule has 0 aromatic heterocycles. The van der Waals surface area contributed by atoms with Crippen LogP contribution in [0, 0.1) is 29.1 Å². The summed E-state index contributed by atoms with van der Waals surface area (Å²) in [6.45, 7) is 7.70. The van der Waals surface area contributed by atoms with Crippen molar-refractivity contribution in [3.8, 4) is 0 Å². The Morgan fingerprint density at radius 1 is 0.515 bits per heavy atom. The lowest BCUT2D eigenvalue weighted by Crippen LogP contribution is -2.49. The highest BCUT2D eigenvalue weighted by Crippen LogP contribution is 2.64. The molecule has 0 unspecified atom stereocenters. The van der Waals surface area contributed by atoms with Gasteiger partial charge >= 0.3 is 0 Å². The molecular weight excluding hydrogens is 396 g/mol. The largest absolute Gasteiger partial charge is 0.103 e. The molecule has 0 aromatic carbocycles. The quantitative estimate of drug-likeness (QED) is 0.119. The van der Waals surface area contributed by atoms with E-state index in [0.29, 0.717) is 0 Å². The monoisotopic (exact) mass is 454 g/mol. The van der Waals surface area contributed by atoms with Crippen molar-refractivity contribution in [2.45, 2.75) is 154 Å². The van der Waals surface area contributed by atoms with Crippen molar-refractivity contribution >= 4 is 0 Å². The van der Waals surface area contributed by atoms with Gasteiger partial charge in [-0.1, -0.05) is 89.2 Å². The molecule has 0 N–H and O–H groups in total. The fraction of sp³-hybridized carbons (Fsp3) is 0.879. The fourth-order valence-electron chi connectivity index (χ4n) is 8.56. The van der Waals surface area contributed by atoms with E-state index in [1.54, 1.807) is 51.4 Å². The van der Waals surface area contributed by atoms with Crippen LogP contribution < -0.4 is 0 Å². The van der Waals surface area contributed by atoms with Gasteiger partial charge in [-0.2, -0.15) is 0 Å². The predicted octanol–water partition coefficient (Wildman–Crippen LogP) is 11.2.